The van der Waals surface area contributed by atoms with Gasteiger partial charge in [0.2, 0.25) is 10.5 Å². The van der Waals surface area contributed by atoms with E-state index in [9.17, 15) is 14.8 Å². The number of hydrogen-bond acceptors (Lipinski definition) is 7. The Balaban J connectivity index is 3.24. The van der Waals surface area contributed by atoms with E-state index in [0.29, 0.717) is 4.73 Å². The van der Waals surface area contributed by atoms with Gasteiger partial charge in [0.1, 0.15) is 18.2 Å². The van der Waals surface area contributed by atoms with E-state index < -0.39 is 11.9 Å². The Hall–Kier alpha value is -1.87. The minimum atomic E-state index is -0.762. The molecule has 0 aliphatic heterocycles. The largest absolute Gasteiger partial charge is 0.461 e. The molecule has 21 heavy (non-hydrogen) atoms. The average molecular weight is 336 g/mol. The Kier molecular flexibility index (Phi) is 6.89. The summed E-state index contributed by atoms with van der Waals surface area (Å²) in [7, 11) is 0. The molecule has 0 aliphatic rings. The molecular weight excluding hydrogens is 322 g/mol. The van der Waals surface area contributed by atoms with Gasteiger partial charge < -0.3 is 14.8 Å². The van der Waals surface area contributed by atoms with E-state index in [1.54, 1.807) is 13.8 Å². The molecule has 0 saturated carbocycles. The molecule has 0 unspecified atom stereocenters. The second-order valence-corrected chi connectivity index (χ2v) is 4.54. The standard InChI is InChI=1S/C11H14ClN3O5S/c1-3-19-10(17)9(14-20-4-2)7-6-21-11(15(7)18)13-8(16)5-12/h6,18H,3-5H2,1-2H3/b13-11?,14-9-. The van der Waals surface area contributed by atoms with Crippen molar-refractivity contribution < 1.29 is 24.4 Å². The van der Waals surface area contributed by atoms with E-state index >= 15 is 0 Å². The number of aromatic nitrogens is 1. The van der Waals surface area contributed by atoms with Crippen molar-refractivity contribution >= 4 is 40.5 Å². The predicted octanol–water partition coefficient (Wildman–Crippen LogP) is 0.757. The molecular formula is C11H14ClN3O5S. The molecule has 1 aromatic rings. The Morgan fingerprint density at radius 1 is 1.43 bits per heavy atom. The topological polar surface area (TPSA) is 102 Å². The third-order valence-corrected chi connectivity index (χ3v) is 3.06. The predicted molar refractivity (Wildman–Crippen MR) is 75.6 cm³/mol. The zero-order valence-electron chi connectivity index (χ0n) is 11.4. The lowest BCUT2D eigenvalue weighted by molar-refractivity contribution is -0.135. The van der Waals surface area contributed by atoms with Crippen molar-refractivity contribution in [2.24, 2.45) is 10.1 Å². The number of rotatable bonds is 6. The summed E-state index contributed by atoms with van der Waals surface area (Å²) < 4.78 is 5.39. The van der Waals surface area contributed by atoms with Gasteiger partial charge in [-0.05, 0) is 13.8 Å². The van der Waals surface area contributed by atoms with Crippen LogP contribution in [-0.2, 0) is 19.2 Å². The van der Waals surface area contributed by atoms with Gasteiger partial charge in [-0.15, -0.1) is 22.9 Å². The Morgan fingerprint density at radius 2 is 2.14 bits per heavy atom. The number of carbonyl (C=O) groups excluding carboxylic acids is 2. The molecule has 0 aromatic carbocycles. The molecule has 1 aromatic heterocycles. The molecule has 0 fully saturated rings. The molecule has 1 heterocycles. The molecule has 8 nitrogen and oxygen atoms in total. The molecule has 10 heteroatoms. The first-order valence-electron chi connectivity index (χ1n) is 5.95. The zero-order chi connectivity index (χ0) is 15.8. The van der Waals surface area contributed by atoms with E-state index in [1.165, 1.54) is 5.38 Å². The number of halogens is 1. The van der Waals surface area contributed by atoms with Gasteiger partial charge in [0.25, 0.3) is 5.91 Å². The quantitative estimate of drug-likeness (QED) is 0.272. The van der Waals surface area contributed by atoms with Crippen LogP contribution in [0.3, 0.4) is 0 Å². The SMILES string of the molecule is CCO/N=C(\C(=O)OCC)c1csc(=NC(=O)CCl)n1O. The van der Waals surface area contributed by atoms with Gasteiger partial charge in [-0.2, -0.15) is 9.72 Å². The van der Waals surface area contributed by atoms with E-state index in [-0.39, 0.29) is 35.3 Å². The summed E-state index contributed by atoms with van der Waals surface area (Å²) in [5.74, 6) is -1.69. The molecule has 0 radical (unpaired) electrons. The summed E-state index contributed by atoms with van der Waals surface area (Å²) in [4.78, 5) is 31.3. The van der Waals surface area contributed by atoms with Gasteiger partial charge in [0.05, 0.1) is 6.61 Å². The Morgan fingerprint density at radius 3 is 2.71 bits per heavy atom. The van der Waals surface area contributed by atoms with Crippen LogP contribution in [0, 0.1) is 0 Å². The number of hydrogen-bond donors (Lipinski definition) is 1. The fraction of sp³-hybridized carbons (Fsp3) is 0.455. The van der Waals surface area contributed by atoms with E-state index in [4.69, 9.17) is 21.2 Å². The fourth-order valence-corrected chi connectivity index (χ4v) is 2.04. The highest BCUT2D eigenvalue weighted by Gasteiger charge is 2.22. The Labute approximate surface area is 129 Å². The van der Waals surface area contributed by atoms with Crippen LogP contribution in [0.25, 0.3) is 0 Å². The number of amides is 1. The minimum Gasteiger partial charge on any atom is -0.461 e. The first kappa shape index (κ1) is 17.2. The van der Waals surface area contributed by atoms with Crippen molar-refractivity contribution in [2.75, 3.05) is 19.1 Å². The number of ether oxygens (including phenoxy) is 1. The van der Waals surface area contributed by atoms with E-state index in [1.807, 2.05) is 0 Å². The molecule has 1 N–H and O–H groups in total. The summed E-state index contributed by atoms with van der Waals surface area (Å²) in [5.41, 5.74) is -0.217. The number of carbonyl (C=O) groups is 2. The summed E-state index contributed by atoms with van der Waals surface area (Å²) in [6, 6.07) is 0. The van der Waals surface area contributed by atoms with Gasteiger partial charge in [0, 0.05) is 5.38 Å². The van der Waals surface area contributed by atoms with Crippen LogP contribution >= 0.6 is 22.9 Å². The molecule has 0 saturated heterocycles. The molecule has 0 atom stereocenters. The lowest BCUT2D eigenvalue weighted by Gasteiger charge is -2.05. The first-order chi connectivity index (χ1) is 10.0. The first-order valence-corrected chi connectivity index (χ1v) is 7.37. The highest BCUT2D eigenvalue weighted by molar-refractivity contribution is 7.07. The summed E-state index contributed by atoms with van der Waals surface area (Å²) in [6.07, 6.45) is 0. The van der Waals surface area contributed by atoms with Crippen LogP contribution in [0.1, 0.15) is 19.5 Å². The minimum absolute atomic E-state index is 0.00743. The van der Waals surface area contributed by atoms with Crippen LogP contribution in [-0.4, -0.2) is 46.6 Å². The molecule has 0 bridgehead atoms. The number of alkyl halides is 1. The second kappa shape index (κ2) is 8.42. The van der Waals surface area contributed by atoms with Crippen molar-refractivity contribution in [1.82, 2.24) is 4.73 Å². The van der Waals surface area contributed by atoms with E-state index in [2.05, 4.69) is 10.1 Å². The van der Waals surface area contributed by atoms with Crippen molar-refractivity contribution in [2.45, 2.75) is 13.8 Å². The summed E-state index contributed by atoms with van der Waals surface area (Å²) >= 11 is 6.28. The highest BCUT2D eigenvalue weighted by Crippen LogP contribution is 2.05. The van der Waals surface area contributed by atoms with Crippen molar-refractivity contribution in [3.63, 3.8) is 0 Å². The normalized spacial score (nSPS) is 12.3. The molecule has 1 rings (SSSR count). The molecule has 1 amide bonds. The highest BCUT2D eigenvalue weighted by atomic mass is 35.5. The van der Waals surface area contributed by atoms with E-state index in [0.717, 1.165) is 11.3 Å². The lowest BCUT2D eigenvalue weighted by atomic mass is 10.3. The van der Waals surface area contributed by atoms with Crippen LogP contribution in [0.5, 0.6) is 0 Å². The number of esters is 1. The van der Waals surface area contributed by atoms with Gasteiger partial charge in [-0.25, -0.2) is 4.79 Å². The maximum absolute atomic E-state index is 11.8. The maximum atomic E-state index is 11.8. The number of nitrogens with zero attached hydrogens (tertiary/aromatic N) is 3. The smallest absolute Gasteiger partial charge is 0.362 e. The number of oxime groups is 1. The van der Waals surface area contributed by atoms with Gasteiger partial charge in [-0.1, -0.05) is 5.16 Å². The molecule has 0 spiro atoms. The van der Waals surface area contributed by atoms with Gasteiger partial charge in [0.15, 0.2) is 0 Å². The number of thiazole rings is 1. The Bertz CT molecular complexity index is 607. The van der Waals surface area contributed by atoms with Crippen LogP contribution in [0.2, 0.25) is 0 Å². The van der Waals surface area contributed by atoms with Crippen molar-refractivity contribution in [3.05, 3.63) is 15.9 Å². The van der Waals surface area contributed by atoms with Crippen LogP contribution in [0.4, 0.5) is 0 Å². The van der Waals surface area contributed by atoms with Crippen molar-refractivity contribution in [3.8, 4) is 0 Å². The van der Waals surface area contributed by atoms with Gasteiger partial charge >= 0.3 is 5.97 Å². The molecule has 0 aliphatic carbocycles. The van der Waals surface area contributed by atoms with Gasteiger partial charge in [-0.3, -0.25) is 4.79 Å². The van der Waals surface area contributed by atoms with Crippen molar-refractivity contribution in [1.29, 1.82) is 0 Å². The monoisotopic (exact) mass is 335 g/mol. The lowest BCUT2D eigenvalue weighted by Crippen LogP contribution is -2.26. The maximum Gasteiger partial charge on any atom is 0.362 e. The average Bonchev–Trinajstić information content (AvgIpc) is 2.81. The third-order valence-electron chi connectivity index (χ3n) is 2.02. The third kappa shape index (κ3) is 4.57. The molecule has 116 valence electrons. The fourth-order valence-electron chi connectivity index (χ4n) is 1.19. The second-order valence-electron chi connectivity index (χ2n) is 3.43. The zero-order valence-corrected chi connectivity index (χ0v) is 13.0. The van der Waals surface area contributed by atoms with Crippen LogP contribution in [0.15, 0.2) is 15.5 Å². The summed E-state index contributed by atoms with van der Waals surface area (Å²) in [6.45, 7) is 3.70. The van der Waals surface area contributed by atoms with Crippen LogP contribution < -0.4 is 4.80 Å². The summed E-state index contributed by atoms with van der Waals surface area (Å²) in [5, 5.41) is 15.0.